The van der Waals surface area contributed by atoms with Gasteiger partial charge in [0.15, 0.2) is 5.78 Å². The summed E-state index contributed by atoms with van der Waals surface area (Å²) in [6.07, 6.45) is 3.31. The van der Waals surface area contributed by atoms with Gasteiger partial charge in [0.2, 0.25) is 0 Å². The molecule has 31 heavy (non-hydrogen) atoms. The van der Waals surface area contributed by atoms with Gasteiger partial charge in [0.25, 0.3) is 0 Å². The number of hydrogen-bond donors (Lipinski definition) is 0. The molecule has 0 aliphatic carbocycles. The number of thiophene rings is 1. The van der Waals surface area contributed by atoms with E-state index in [4.69, 9.17) is 13.9 Å². The van der Waals surface area contributed by atoms with Crippen molar-refractivity contribution in [3.8, 4) is 11.5 Å². The van der Waals surface area contributed by atoms with Crippen molar-refractivity contribution in [1.29, 1.82) is 0 Å². The molecule has 4 aromatic rings. The minimum Gasteiger partial charge on any atom is -0.494 e. The van der Waals surface area contributed by atoms with Crippen molar-refractivity contribution in [1.82, 2.24) is 0 Å². The summed E-state index contributed by atoms with van der Waals surface area (Å²) < 4.78 is 16.7. The first-order valence-corrected chi connectivity index (χ1v) is 10.7. The fraction of sp³-hybridized carbons (Fsp3) is 0.120. The first kappa shape index (κ1) is 20.6. The van der Waals surface area contributed by atoms with Crippen LogP contribution in [0.1, 0.15) is 38.3 Å². The monoisotopic (exact) mass is 432 g/mol. The Morgan fingerprint density at radius 3 is 2.55 bits per heavy atom. The second-order valence-corrected chi connectivity index (χ2v) is 7.73. The van der Waals surface area contributed by atoms with E-state index in [9.17, 15) is 9.59 Å². The molecule has 0 aliphatic rings. The lowest BCUT2D eigenvalue weighted by atomic mass is 10.1. The molecule has 0 spiro atoms. The van der Waals surface area contributed by atoms with Gasteiger partial charge in [0.1, 0.15) is 28.4 Å². The van der Waals surface area contributed by atoms with E-state index >= 15 is 0 Å². The van der Waals surface area contributed by atoms with Crippen LogP contribution in [0, 0.1) is 6.92 Å². The second-order valence-electron chi connectivity index (χ2n) is 6.75. The Labute approximate surface area is 183 Å². The number of ketones is 1. The SMILES string of the molecule is CCOc1ccc2oc(C)c(C(=O)Oc3ccc(C(=O)/C=C/c4cccs4)cc3)c2c1. The minimum atomic E-state index is -0.526. The number of fused-ring (bicyclic) bond motifs is 1. The van der Waals surface area contributed by atoms with Crippen LogP contribution in [0.25, 0.3) is 17.0 Å². The van der Waals surface area contributed by atoms with E-state index in [0.717, 1.165) is 4.88 Å². The molecule has 6 heteroatoms. The van der Waals surface area contributed by atoms with Gasteiger partial charge in [-0.15, -0.1) is 11.3 Å². The van der Waals surface area contributed by atoms with Crippen molar-refractivity contribution in [3.05, 3.63) is 87.8 Å². The van der Waals surface area contributed by atoms with Gasteiger partial charge in [-0.05, 0) is 79.9 Å². The molecule has 156 valence electrons. The molecular formula is C25H20O5S. The summed E-state index contributed by atoms with van der Waals surface area (Å²) >= 11 is 1.56. The van der Waals surface area contributed by atoms with E-state index in [0.29, 0.717) is 46.0 Å². The van der Waals surface area contributed by atoms with Gasteiger partial charge in [-0.1, -0.05) is 6.07 Å². The van der Waals surface area contributed by atoms with Crippen molar-refractivity contribution in [2.75, 3.05) is 6.61 Å². The maximum Gasteiger partial charge on any atom is 0.347 e. The third-order valence-electron chi connectivity index (χ3n) is 4.64. The van der Waals surface area contributed by atoms with Gasteiger partial charge >= 0.3 is 5.97 Å². The molecule has 0 bridgehead atoms. The van der Waals surface area contributed by atoms with Crippen molar-refractivity contribution in [2.24, 2.45) is 0 Å². The third-order valence-corrected chi connectivity index (χ3v) is 5.48. The molecule has 2 heterocycles. The van der Waals surface area contributed by atoms with Gasteiger partial charge in [-0.25, -0.2) is 4.79 Å². The molecule has 2 aromatic heterocycles. The van der Waals surface area contributed by atoms with E-state index in [1.54, 1.807) is 66.8 Å². The topological polar surface area (TPSA) is 65.7 Å². The molecule has 0 aliphatic heterocycles. The molecule has 4 rings (SSSR count). The zero-order valence-corrected chi connectivity index (χ0v) is 17.9. The number of carbonyl (C=O) groups is 2. The molecule has 0 saturated heterocycles. The number of allylic oxidation sites excluding steroid dienone is 1. The summed E-state index contributed by atoms with van der Waals surface area (Å²) in [5, 5.41) is 2.59. The maximum atomic E-state index is 12.8. The first-order chi connectivity index (χ1) is 15.0. The normalized spacial score (nSPS) is 11.2. The standard InChI is InChI=1S/C25H20O5S/c1-3-28-19-10-13-23-21(15-19)24(16(2)29-23)25(27)30-18-8-6-17(7-9-18)22(26)12-11-20-5-4-14-31-20/h4-15H,3H2,1-2H3/b12-11+. The Morgan fingerprint density at radius 1 is 1.06 bits per heavy atom. The summed E-state index contributed by atoms with van der Waals surface area (Å²) in [6, 6.07) is 15.7. The summed E-state index contributed by atoms with van der Waals surface area (Å²) in [4.78, 5) is 26.2. The summed E-state index contributed by atoms with van der Waals surface area (Å²) in [5.74, 6) is 0.828. The van der Waals surface area contributed by atoms with Crippen molar-refractivity contribution < 1.29 is 23.5 Å². The average Bonchev–Trinajstić information content (AvgIpc) is 3.39. The Kier molecular flexibility index (Phi) is 6.00. The molecule has 0 amide bonds. The Morgan fingerprint density at radius 2 is 1.84 bits per heavy atom. The molecule has 0 saturated carbocycles. The lowest BCUT2D eigenvalue weighted by Gasteiger charge is -2.06. The van der Waals surface area contributed by atoms with Crippen LogP contribution < -0.4 is 9.47 Å². The number of esters is 1. The molecule has 0 atom stereocenters. The maximum absolute atomic E-state index is 12.8. The smallest absolute Gasteiger partial charge is 0.347 e. The molecule has 5 nitrogen and oxygen atoms in total. The fourth-order valence-corrected chi connectivity index (χ4v) is 3.81. The number of furan rings is 1. The van der Waals surface area contributed by atoms with Crippen LogP contribution in [-0.4, -0.2) is 18.4 Å². The van der Waals surface area contributed by atoms with Crippen molar-refractivity contribution in [2.45, 2.75) is 13.8 Å². The largest absolute Gasteiger partial charge is 0.494 e. The number of carbonyl (C=O) groups excluding carboxylic acids is 2. The zero-order valence-electron chi connectivity index (χ0n) is 17.1. The summed E-state index contributed by atoms with van der Waals surface area (Å²) in [5.41, 5.74) is 1.46. The van der Waals surface area contributed by atoms with Crippen LogP contribution in [0.3, 0.4) is 0 Å². The highest BCUT2D eigenvalue weighted by Gasteiger charge is 2.21. The fourth-order valence-electron chi connectivity index (χ4n) is 3.19. The molecule has 2 aromatic carbocycles. The number of aryl methyl sites for hydroxylation is 1. The highest BCUT2D eigenvalue weighted by molar-refractivity contribution is 7.10. The quantitative estimate of drug-likeness (QED) is 0.148. The van der Waals surface area contributed by atoms with E-state index in [1.807, 2.05) is 24.4 Å². The number of ether oxygens (including phenoxy) is 2. The van der Waals surface area contributed by atoms with Crippen molar-refractivity contribution in [3.63, 3.8) is 0 Å². The number of rotatable bonds is 7. The van der Waals surface area contributed by atoms with Crippen LogP contribution in [0.2, 0.25) is 0 Å². The van der Waals surface area contributed by atoms with Crippen LogP contribution in [0.15, 0.2) is 70.5 Å². The van der Waals surface area contributed by atoms with E-state index in [2.05, 4.69) is 0 Å². The van der Waals surface area contributed by atoms with Crippen LogP contribution in [0.4, 0.5) is 0 Å². The van der Waals surface area contributed by atoms with Gasteiger partial charge in [0.05, 0.1) is 6.61 Å². The Hall–Kier alpha value is -3.64. The van der Waals surface area contributed by atoms with E-state index in [1.165, 1.54) is 6.08 Å². The van der Waals surface area contributed by atoms with Gasteiger partial charge in [-0.3, -0.25) is 4.79 Å². The number of hydrogen-bond acceptors (Lipinski definition) is 6. The van der Waals surface area contributed by atoms with Crippen LogP contribution >= 0.6 is 11.3 Å². The number of benzene rings is 2. The zero-order chi connectivity index (χ0) is 21.8. The third kappa shape index (κ3) is 4.59. The van der Waals surface area contributed by atoms with Crippen molar-refractivity contribution >= 4 is 40.1 Å². The summed E-state index contributed by atoms with van der Waals surface area (Å²) in [6.45, 7) is 4.14. The average molecular weight is 432 g/mol. The molecule has 0 N–H and O–H groups in total. The first-order valence-electron chi connectivity index (χ1n) is 9.79. The van der Waals surface area contributed by atoms with Crippen LogP contribution in [-0.2, 0) is 0 Å². The van der Waals surface area contributed by atoms with Gasteiger partial charge in [-0.2, -0.15) is 0 Å². The van der Waals surface area contributed by atoms with Gasteiger partial charge in [0, 0.05) is 15.8 Å². The van der Waals surface area contributed by atoms with E-state index < -0.39 is 5.97 Å². The molecule has 0 fully saturated rings. The lowest BCUT2D eigenvalue weighted by Crippen LogP contribution is -2.09. The highest BCUT2D eigenvalue weighted by Crippen LogP contribution is 2.30. The minimum absolute atomic E-state index is 0.119. The van der Waals surface area contributed by atoms with Gasteiger partial charge < -0.3 is 13.9 Å². The second kappa shape index (κ2) is 9.02. The Balaban J connectivity index is 1.50. The molecule has 0 unspecified atom stereocenters. The predicted octanol–water partition coefficient (Wildman–Crippen LogP) is 6.32. The predicted molar refractivity (Wildman–Crippen MR) is 121 cm³/mol. The van der Waals surface area contributed by atoms with E-state index in [-0.39, 0.29) is 5.78 Å². The Bertz CT molecular complexity index is 1250. The molecule has 0 radical (unpaired) electrons. The molecular weight excluding hydrogens is 412 g/mol. The summed E-state index contributed by atoms with van der Waals surface area (Å²) in [7, 11) is 0. The highest BCUT2D eigenvalue weighted by atomic mass is 32.1. The van der Waals surface area contributed by atoms with Crippen LogP contribution in [0.5, 0.6) is 11.5 Å². The lowest BCUT2D eigenvalue weighted by molar-refractivity contribution is 0.0734.